The monoisotopic (exact) mass is 328 g/mol. The predicted octanol–water partition coefficient (Wildman–Crippen LogP) is 3.03. The normalized spacial score (nSPS) is 21.2. The van der Waals surface area contributed by atoms with Crippen molar-refractivity contribution in [2.75, 3.05) is 19.6 Å². The lowest BCUT2D eigenvalue weighted by molar-refractivity contribution is 0.222. The number of hydrogen-bond acceptors (Lipinski definition) is 5. The Morgan fingerprint density at radius 2 is 2.17 bits per heavy atom. The molecule has 2 fully saturated rings. The maximum atomic E-state index is 4.64. The highest BCUT2D eigenvalue weighted by Gasteiger charge is 2.27. The Hall–Kier alpha value is -1.30. The molecule has 4 nitrogen and oxygen atoms in total. The Balaban J connectivity index is 1.43. The Bertz CT molecular complexity index is 617. The van der Waals surface area contributed by atoms with Crippen LogP contribution in [0.2, 0.25) is 0 Å². The second kappa shape index (κ2) is 7.07. The van der Waals surface area contributed by atoms with Crippen LogP contribution in [0.4, 0.5) is 0 Å². The number of pyridine rings is 1. The third-order valence-corrected chi connectivity index (χ3v) is 5.83. The van der Waals surface area contributed by atoms with Gasteiger partial charge < -0.3 is 5.32 Å². The quantitative estimate of drug-likeness (QED) is 0.848. The molecule has 1 aliphatic carbocycles. The van der Waals surface area contributed by atoms with E-state index in [1.54, 1.807) is 0 Å². The first-order valence-corrected chi connectivity index (χ1v) is 9.45. The van der Waals surface area contributed by atoms with Gasteiger partial charge >= 0.3 is 0 Å². The molecule has 122 valence electrons. The maximum Gasteiger partial charge on any atom is 0.0959 e. The molecule has 3 heterocycles. The first-order chi connectivity index (χ1) is 11.4. The molecule has 0 spiro atoms. The van der Waals surface area contributed by atoms with Crippen molar-refractivity contribution in [1.29, 1.82) is 0 Å². The topological polar surface area (TPSA) is 41.1 Å². The van der Waals surface area contributed by atoms with Gasteiger partial charge in [0, 0.05) is 49.0 Å². The maximum absolute atomic E-state index is 4.64. The van der Waals surface area contributed by atoms with Crippen molar-refractivity contribution in [3.05, 3.63) is 46.2 Å². The molecular formula is C18H24N4S. The first kappa shape index (κ1) is 15.2. The van der Waals surface area contributed by atoms with E-state index in [-0.39, 0.29) is 0 Å². The second-order valence-corrected chi connectivity index (χ2v) is 7.98. The fourth-order valence-corrected chi connectivity index (χ4v) is 4.43. The summed E-state index contributed by atoms with van der Waals surface area (Å²) in [7, 11) is 0. The van der Waals surface area contributed by atoms with Crippen molar-refractivity contribution < 1.29 is 0 Å². The molecule has 1 saturated carbocycles. The first-order valence-electron chi connectivity index (χ1n) is 8.63. The van der Waals surface area contributed by atoms with E-state index in [1.165, 1.54) is 34.7 Å². The van der Waals surface area contributed by atoms with Crippen LogP contribution in [0.1, 0.15) is 40.6 Å². The number of aromatic nitrogens is 2. The van der Waals surface area contributed by atoms with Crippen molar-refractivity contribution in [2.24, 2.45) is 5.92 Å². The average Bonchev–Trinajstić information content (AvgIpc) is 3.09. The zero-order chi connectivity index (χ0) is 15.5. The van der Waals surface area contributed by atoms with Gasteiger partial charge in [-0.3, -0.25) is 9.88 Å². The number of hydrogen-bond donors (Lipinski definition) is 1. The highest BCUT2D eigenvalue weighted by atomic mass is 32.1. The number of thiazole rings is 1. The molecule has 0 unspecified atom stereocenters. The van der Waals surface area contributed by atoms with Gasteiger partial charge in [0.05, 0.1) is 5.01 Å². The van der Waals surface area contributed by atoms with Gasteiger partial charge in [0.2, 0.25) is 0 Å². The Morgan fingerprint density at radius 3 is 2.91 bits per heavy atom. The summed E-state index contributed by atoms with van der Waals surface area (Å²) in [5.41, 5.74) is 1.30. The average molecular weight is 328 g/mol. The molecule has 2 aliphatic rings. The lowest BCUT2D eigenvalue weighted by Gasteiger charge is -2.24. The molecule has 0 bridgehead atoms. The highest BCUT2D eigenvalue weighted by Crippen LogP contribution is 2.41. The van der Waals surface area contributed by atoms with Crippen LogP contribution in [0.5, 0.6) is 0 Å². The largest absolute Gasteiger partial charge is 0.316 e. The van der Waals surface area contributed by atoms with E-state index in [4.69, 9.17) is 0 Å². The molecule has 0 amide bonds. The fraction of sp³-hybridized carbons (Fsp3) is 0.556. The molecule has 1 atom stereocenters. The molecule has 5 heteroatoms. The van der Waals surface area contributed by atoms with Gasteiger partial charge in [0.25, 0.3) is 0 Å². The van der Waals surface area contributed by atoms with Crippen LogP contribution in [0.25, 0.3) is 0 Å². The van der Waals surface area contributed by atoms with E-state index in [0.29, 0.717) is 0 Å². The van der Waals surface area contributed by atoms with Crippen LogP contribution in [-0.2, 0) is 13.1 Å². The van der Waals surface area contributed by atoms with Gasteiger partial charge in [0.15, 0.2) is 0 Å². The lowest BCUT2D eigenvalue weighted by atomic mass is 10.1. The SMILES string of the molecule is c1cncc(CN(Cc2cnc(C3CC3)s2)C[C@H]2CCNC2)c1. The molecule has 1 aliphatic heterocycles. The summed E-state index contributed by atoms with van der Waals surface area (Å²) in [5.74, 6) is 1.53. The Kier molecular flexibility index (Phi) is 4.69. The fourth-order valence-electron chi connectivity index (χ4n) is 3.31. The predicted molar refractivity (Wildman–Crippen MR) is 93.4 cm³/mol. The van der Waals surface area contributed by atoms with Gasteiger partial charge in [-0.15, -0.1) is 11.3 Å². The molecule has 1 saturated heterocycles. The second-order valence-electron chi connectivity index (χ2n) is 6.83. The van der Waals surface area contributed by atoms with Crippen molar-refractivity contribution in [3.8, 4) is 0 Å². The summed E-state index contributed by atoms with van der Waals surface area (Å²) in [6.45, 7) is 5.45. The summed E-state index contributed by atoms with van der Waals surface area (Å²) in [4.78, 5) is 12.9. The van der Waals surface area contributed by atoms with Crippen molar-refractivity contribution in [1.82, 2.24) is 20.2 Å². The minimum atomic E-state index is 0.763. The molecule has 4 rings (SSSR count). The van der Waals surface area contributed by atoms with E-state index in [1.807, 2.05) is 29.8 Å². The van der Waals surface area contributed by atoms with Gasteiger partial charge in [-0.05, 0) is 49.9 Å². The minimum Gasteiger partial charge on any atom is -0.316 e. The summed E-state index contributed by atoms with van der Waals surface area (Å²) >= 11 is 1.92. The number of nitrogens with zero attached hydrogens (tertiary/aromatic N) is 3. The third kappa shape index (κ3) is 4.16. The van der Waals surface area contributed by atoms with Crippen LogP contribution in [-0.4, -0.2) is 34.5 Å². The van der Waals surface area contributed by atoms with E-state index in [9.17, 15) is 0 Å². The summed E-state index contributed by atoms with van der Waals surface area (Å²) in [6.07, 6.45) is 9.89. The molecular weight excluding hydrogens is 304 g/mol. The third-order valence-electron chi connectivity index (χ3n) is 4.69. The van der Waals surface area contributed by atoms with Crippen molar-refractivity contribution >= 4 is 11.3 Å². The van der Waals surface area contributed by atoms with Crippen LogP contribution < -0.4 is 5.32 Å². The number of nitrogens with one attached hydrogen (secondary N) is 1. The molecule has 2 aromatic heterocycles. The number of rotatable bonds is 7. The van der Waals surface area contributed by atoms with Gasteiger partial charge in [0.1, 0.15) is 0 Å². The van der Waals surface area contributed by atoms with E-state index in [0.717, 1.165) is 44.6 Å². The van der Waals surface area contributed by atoms with Gasteiger partial charge in [-0.2, -0.15) is 0 Å². The van der Waals surface area contributed by atoms with Gasteiger partial charge in [-0.25, -0.2) is 4.98 Å². The summed E-state index contributed by atoms with van der Waals surface area (Å²) in [5, 5.41) is 4.83. The zero-order valence-corrected chi connectivity index (χ0v) is 14.3. The Labute approximate surface area is 142 Å². The van der Waals surface area contributed by atoms with Crippen LogP contribution in [0, 0.1) is 5.92 Å². The smallest absolute Gasteiger partial charge is 0.0959 e. The summed E-state index contributed by atoms with van der Waals surface area (Å²) < 4.78 is 0. The molecule has 0 radical (unpaired) electrons. The van der Waals surface area contributed by atoms with E-state index < -0.39 is 0 Å². The summed E-state index contributed by atoms with van der Waals surface area (Å²) in [6, 6.07) is 4.21. The Morgan fingerprint density at radius 1 is 1.22 bits per heavy atom. The molecule has 0 aromatic carbocycles. The standard InChI is InChI=1S/C18H24N4S/c1-2-14(8-19-6-1)11-22(12-15-5-7-20-9-15)13-17-10-21-18(23-17)16-3-4-16/h1-2,6,8,10,15-16,20H,3-5,7,9,11-13H2/t15-/m0/s1. The highest BCUT2D eigenvalue weighted by molar-refractivity contribution is 7.11. The molecule has 2 aromatic rings. The van der Waals surface area contributed by atoms with Crippen LogP contribution >= 0.6 is 11.3 Å². The lowest BCUT2D eigenvalue weighted by Crippen LogP contribution is -2.29. The van der Waals surface area contributed by atoms with E-state index in [2.05, 4.69) is 32.4 Å². The van der Waals surface area contributed by atoms with Crippen LogP contribution in [0.15, 0.2) is 30.7 Å². The van der Waals surface area contributed by atoms with Gasteiger partial charge in [-0.1, -0.05) is 6.07 Å². The van der Waals surface area contributed by atoms with Crippen LogP contribution in [0.3, 0.4) is 0 Å². The zero-order valence-electron chi connectivity index (χ0n) is 13.4. The van der Waals surface area contributed by atoms with Crippen molar-refractivity contribution in [3.63, 3.8) is 0 Å². The minimum absolute atomic E-state index is 0.763. The van der Waals surface area contributed by atoms with E-state index >= 15 is 0 Å². The van der Waals surface area contributed by atoms with Crippen molar-refractivity contribution in [2.45, 2.75) is 38.3 Å². The molecule has 23 heavy (non-hydrogen) atoms. The molecule has 1 N–H and O–H groups in total.